The van der Waals surface area contributed by atoms with Crippen LogP contribution in [-0.4, -0.2) is 89.8 Å². The number of hydrogen-bond acceptors (Lipinski definition) is 5. The molecule has 1 rings (SSSR count). The molecule has 0 aromatic carbocycles. The van der Waals surface area contributed by atoms with Gasteiger partial charge in [-0.15, -0.1) is 0 Å². The number of guanidine groups is 1. The van der Waals surface area contributed by atoms with Crippen molar-refractivity contribution in [1.29, 1.82) is 0 Å². The summed E-state index contributed by atoms with van der Waals surface area (Å²) in [4.78, 5) is 6.81. The van der Waals surface area contributed by atoms with Crippen molar-refractivity contribution in [2.75, 3.05) is 72.9 Å². The number of ether oxygens (including phenoxy) is 3. The maximum Gasteiger partial charge on any atom is 0.191 e. The number of nitrogens with one attached hydrogen (secondary N) is 2. The largest absolute Gasteiger partial charge is 0.379 e. The summed E-state index contributed by atoms with van der Waals surface area (Å²) in [5, 5.41) is 6.76. The Labute approximate surface area is 159 Å². The fraction of sp³-hybridized carbons (Fsp3) is 0.947. The Morgan fingerprint density at radius 2 is 1.77 bits per heavy atom. The predicted molar refractivity (Wildman–Crippen MR) is 107 cm³/mol. The van der Waals surface area contributed by atoms with E-state index in [4.69, 9.17) is 14.2 Å². The molecular formula is C19H40N4O3. The van der Waals surface area contributed by atoms with Crippen molar-refractivity contribution in [2.45, 2.75) is 39.7 Å². The van der Waals surface area contributed by atoms with Crippen LogP contribution in [-0.2, 0) is 14.2 Å². The zero-order chi connectivity index (χ0) is 19.0. The van der Waals surface area contributed by atoms with Crippen LogP contribution in [0.5, 0.6) is 0 Å². The molecule has 0 amide bonds. The topological polar surface area (TPSA) is 67.4 Å². The summed E-state index contributed by atoms with van der Waals surface area (Å²) in [6.45, 7) is 14.8. The quantitative estimate of drug-likeness (QED) is 0.289. The second-order valence-electron chi connectivity index (χ2n) is 6.92. The maximum absolute atomic E-state index is 5.58. The van der Waals surface area contributed by atoms with Crippen LogP contribution in [0.1, 0.15) is 33.6 Å². The monoisotopic (exact) mass is 372 g/mol. The van der Waals surface area contributed by atoms with Gasteiger partial charge < -0.3 is 24.8 Å². The number of unbranched alkanes of at least 4 members (excludes halogenated alkanes) is 1. The minimum Gasteiger partial charge on any atom is -0.379 e. The third kappa shape index (κ3) is 10.3. The van der Waals surface area contributed by atoms with E-state index in [-0.39, 0.29) is 0 Å². The van der Waals surface area contributed by atoms with E-state index in [2.05, 4.69) is 41.3 Å². The summed E-state index contributed by atoms with van der Waals surface area (Å²) < 4.78 is 16.5. The molecule has 0 spiro atoms. The smallest absolute Gasteiger partial charge is 0.191 e. The summed E-state index contributed by atoms with van der Waals surface area (Å²) in [5.74, 6) is 1.40. The lowest BCUT2D eigenvalue weighted by molar-refractivity contribution is 0.00751. The van der Waals surface area contributed by atoms with Crippen LogP contribution < -0.4 is 10.6 Å². The second-order valence-corrected chi connectivity index (χ2v) is 6.92. The van der Waals surface area contributed by atoms with Crippen molar-refractivity contribution < 1.29 is 14.2 Å². The molecule has 0 aromatic heterocycles. The Morgan fingerprint density at radius 1 is 1.08 bits per heavy atom. The molecule has 0 radical (unpaired) electrons. The highest BCUT2D eigenvalue weighted by Gasteiger charge is 2.23. The van der Waals surface area contributed by atoms with E-state index in [9.17, 15) is 0 Å². The predicted octanol–water partition coefficient (Wildman–Crippen LogP) is 1.34. The fourth-order valence-corrected chi connectivity index (χ4v) is 2.93. The Hall–Kier alpha value is -0.890. The van der Waals surface area contributed by atoms with Gasteiger partial charge in [-0.1, -0.05) is 27.2 Å². The minimum atomic E-state index is 0.481. The van der Waals surface area contributed by atoms with Crippen molar-refractivity contribution >= 4 is 5.96 Å². The van der Waals surface area contributed by atoms with Crippen molar-refractivity contribution in [3.8, 4) is 0 Å². The number of aliphatic imine (C=N–C) groups is 1. The molecule has 26 heavy (non-hydrogen) atoms. The van der Waals surface area contributed by atoms with Crippen LogP contribution in [0.25, 0.3) is 0 Å². The van der Waals surface area contributed by atoms with Gasteiger partial charge in [0.25, 0.3) is 0 Å². The van der Waals surface area contributed by atoms with Crippen molar-refractivity contribution in [3.63, 3.8) is 0 Å². The molecule has 1 saturated heterocycles. The fourth-order valence-electron chi connectivity index (χ4n) is 2.93. The van der Waals surface area contributed by atoms with Crippen LogP contribution in [0.2, 0.25) is 0 Å². The highest BCUT2D eigenvalue weighted by Crippen LogP contribution is 2.12. The average Bonchev–Trinajstić information content (AvgIpc) is 2.65. The van der Waals surface area contributed by atoms with E-state index in [1.54, 1.807) is 7.05 Å². The third-order valence-electron chi connectivity index (χ3n) is 4.54. The summed E-state index contributed by atoms with van der Waals surface area (Å²) in [5.41, 5.74) is 0. The first kappa shape index (κ1) is 23.1. The van der Waals surface area contributed by atoms with Crippen molar-refractivity contribution in [2.24, 2.45) is 10.9 Å². The molecule has 0 aromatic rings. The lowest BCUT2D eigenvalue weighted by Crippen LogP contribution is -2.52. The molecule has 2 N–H and O–H groups in total. The molecule has 1 heterocycles. The van der Waals surface area contributed by atoms with Crippen LogP contribution in [0.3, 0.4) is 0 Å². The third-order valence-corrected chi connectivity index (χ3v) is 4.54. The van der Waals surface area contributed by atoms with Crippen LogP contribution in [0.15, 0.2) is 4.99 Å². The molecule has 1 fully saturated rings. The SMILES string of the molecule is CCCCOCCOCCNC(=NC)NCC(C(C)C)N1CCOCC1. The van der Waals surface area contributed by atoms with Gasteiger partial charge in [0.2, 0.25) is 0 Å². The first-order valence-electron chi connectivity index (χ1n) is 10.1. The van der Waals surface area contributed by atoms with Gasteiger partial charge in [-0.05, 0) is 12.3 Å². The first-order chi connectivity index (χ1) is 12.7. The van der Waals surface area contributed by atoms with Crippen LogP contribution in [0, 0.1) is 5.92 Å². The Morgan fingerprint density at radius 3 is 2.38 bits per heavy atom. The zero-order valence-corrected chi connectivity index (χ0v) is 17.3. The van der Waals surface area contributed by atoms with Gasteiger partial charge in [0.05, 0.1) is 33.0 Å². The summed E-state index contributed by atoms with van der Waals surface area (Å²) in [7, 11) is 1.80. The van der Waals surface area contributed by atoms with Gasteiger partial charge in [0.1, 0.15) is 0 Å². The minimum absolute atomic E-state index is 0.481. The number of hydrogen-bond donors (Lipinski definition) is 2. The van der Waals surface area contributed by atoms with Gasteiger partial charge in [-0.25, -0.2) is 0 Å². The highest BCUT2D eigenvalue weighted by molar-refractivity contribution is 5.79. The van der Waals surface area contributed by atoms with Crippen molar-refractivity contribution in [3.05, 3.63) is 0 Å². The highest BCUT2D eigenvalue weighted by atomic mass is 16.5. The van der Waals surface area contributed by atoms with E-state index in [0.717, 1.165) is 58.4 Å². The molecule has 1 atom stereocenters. The molecule has 1 unspecified atom stereocenters. The van der Waals surface area contributed by atoms with E-state index in [1.165, 1.54) is 6.42 Å². The van der Waals surface area contributed by atoms with E-state index in [1.807, 2.05) is 0 Å². The molecule has 154 valence electrons. The van der Waals surface area contributed by atoms with E-state index < -0.39 is 0 Å². The molecule has 7 nitrogen and oxygen atoms in total. The van der Waals surface area contributed by atoms with Gasteiger partial charge in [-0.2, -0.15) is 0 Å². The Bertz CT molecular complexity index is 361. The Kier molecular flexibility index (Phi) is 13.5. The molecule has 0 saturated carbocycles. The van der Waals surface area contributed by atoms with E-state index in [0.29, 0.717) is 31.8 Å². The van der Waals surface area contributed by atoms with Crippen LogP contribution in [0.4, 0.5) is 0 Å². The van der Waals surface area contributed by atoms with Gasteiger partial charge in [0.15, 0.2) is 5.96 Å². The second kappa shape index (κ2) is 15.2. The standard InChI is InChI=1S/C19H40N4O3/c1-5-6-10-24-14-15-25-11-7-21-19(20-4)22-16-18(17(2)3)23-8-12-26-13-9-23/h17-18H,5-16H2,1-4H3,(H2,20,21,22). The molecular weight excluding hydrogens is 332 g/mol. The molecule has 0 bridgehead atoms. The lowest BCUT2D eigenvalue weighted by Gasteiger charge is -2.37. The molecule has 1 aliphatic rings. The summed E-state index contributed by atoms with van der Waals surface area (Å²) in [6.07, 6.45) is 2.28. The van der Waals surface area contributed by atoms with Gasteiger partial charge >= 0.3 is 0 Å². The molecule has 1 aliphatic heterocycles. The lowest BCUT2D eigenvalue weighted by atomic mass is 10.0. The average molecular weight is 373 g/mol. The number of morpholine rings is 1. The first-order valence-corrected chi connectivity index (χ1v) is 10.1. The number of rotatable bonds is 13. The summed E-state index contributed by atoms with van der Waals surface area (Å²) >= 11 is 0. The van der Waals surface area contributed by atoms with Gasteiger partial charge in [-0.3, -0.25) is 9.89 Å². The van der Waals surface area contributed by atoms with E-state index >= 15 is 0 Å². The van der Waals surface area contributed by atoms with Gasteiger partial charge in [0, 0.05) is 45.9 Å². The Balaban J connectivity index is 2.15. The molecule has 0 aliphatic carbocycles. The van der Waals surface area contributed by atoms with Crippen molar-refractivity contribution in [1.82, 2.24) is 15.5 Å². The maximum atomic E-state index is 5.58. The normalized spacial score (nSPS) is 17.5. The zero-order valence-electron chi connectivity index (χ0n) is 17.3. The summed E-state index contributed by atoms with van der Waals surface area (Å²) in [6, 6.07) is 0.481. The molecule has 7 heteroatoms. The van der Waals surface area contributed by atoms with Crippen LogP contribution >= 0.6 is 0 Å². The number of nitrogens with zero attached hydrogens (tertiary/aromatic N) is 2.